The lowest BCUT2D eigenvalue weighted by Gasteiger charge is -2.65. The molecule has 262 valence electrons. The molecule has 4 aliphatic carbocycles. The normalized spacial score (nSPS) is 49.8. The summed E-state index contributed by atoms with van der Waals surface area (Å²) in [7, 11) is 0. The number of esters is 1. The number of hydrogen-bond donors (Lipinski definition) is 0. The molecule has 0 radical (unpaired) electrons. The van der Waals surface area contributed by atoms with E-state index in [0.29, 0.717) is 49.4 Å². The Morgan fingerprint density at radius 3 is 2.26 bits per heavy atom. The monoisotopic (exact) mass is 646 g/mol. The molecule has 0 bridgehead atoms. The Morgan fingerprint density at radius 1 is 0.891 bits per heavy atom. The summed E-state index contributed by atoms with van der Waals surface area (Å²) in [5.74, 6) is 1.46. The van der Waals surface area contributed by atoms with Crippen molar-refractivity contribution < 1.29 is 38.0 Å². The van der Waals surface area contributed by atoms with Crippen LogP contribution in [0, 0.1) is 57.7 Å². The SMILES string of the molecule is CCOC(C)O[C@H]1[C@@H]([C@@H](C)[C@H]2CC[C@H]3[C@@H]4CC5(OCCO5)[C@H]5C[C@@H]6OC(C)(C)O[C@@H]6C[C@]5(C)[C@H]4CC[C@]23C)OC(=O)C(C)(C)[C@@H]1C. The van der Waals surface area contributed by atoms with Gasteiger partial charge in [0.25, 0.3) is 0 Å². The number of rotatable bonds is 6. The van der Waals surface area contributed by atoms with Crippen LogP contribution >= 0.6 is 0 Å². The van der Waals surface area contributed by atoms with E-state index in [2.05, 4.69) is 41.5 Å². The van der Waals surface area contributed by atoms with Gasteiger partial charge in [-0.25, -0.2) is 0 Å². The standard InChI is InChI=1S/C38H62O8/c1-11-40-23(4)43-32-22(3)34(5,6)33(39)44-31(32)21(2)25-12-13-26-24-19-38(41-16-17-42-38)30-18-28-29(46-35(7,8)45-28)20-37(30,10)27(24)14-15-36(25,26)9/h21-32H,11-20H2,1-10H3/t21-,22+,23?,24-,25+,26-,27-,28-,29+,30-,31+,32+,36+,37+/m0/s1. The summed E-state index contributed by atoms with van der Waals surface area (Å²) in [6.07, 6.45) is 7.05. The first-order valence-corrected chi connectivity index (χ1v) is 18.7. The first-order chi connectivity index (χ1) is 21.6. The predicted octanol–water partition coefficient (Wildman–Crippen LogP) is 7.12. The smallest absolute Gasteiger partial charge is 0.312 e. The second kappa shape index (κ2) is 11.4. The van der Waals surface area contributed by atoms with Gasteiger partial charge < -0.3 is 33.2 Å². The number of carbonyl (C=O) groups excluding carboxylic acids is 1. The van der Waals surface area contributed by atoms with Crippen molar-refractivity contribution in [2.45, 2.75) is 156 Å². The van der Waals surface area contributed by atoms with Gasteiger partial charge in [-0.05, 0) is 120 Å². The number of fused-ring (bicyclic) bond motifs is 7. The molecular weight excluding hydrogens is 584 g/mol. The van der Waals surface area contributed by atoms with Crippen molar-refractivity contribution in [3.63, 3.8) is 0 Å². The fourth-order valence-corrected chi connectivity index (χ4v) is 12.6. The molecule has 8 heteroatoms. The first kappa shape index (κ1) is 33.7. The van der Waals surface area contributed by atoms with Crippen LogP contribution in [0.15, 0.2) is 0 Å². The molecular formula is C38H62O8. The van der Waals surface area contributed by atoms with Gasteiger partial charge in [0.1, 0.15) is 12.2 Å². The van der Waals surface area contributed by atoms with Gasteiger partial charge in [-0.15, -0.1) is 0 Å². The highest BCUT2D eigenvalue weighted by Gasteiger charge is 2.70. The summed E-state index contributed by atoms with van der Waals surface area (Å²) >= 11 is 0. The van der Waals surface area contributed by atoms with Crippen molar-refractivity contribution in [1.82, 2.24) is 0 Å². The summed E-state index contributed by atoms with van der Waals surface area (Å²) < 4.78 is 45.3. The van der Waals surface area contributed by atoms with Crippen molar-refractivity contribution in [2.24, 2.45) is 57.7 Å². The number of hydrogen-bond acceptors (Lipinski definition) is 8. The average molecular weight is 647 g/mol. The second-order valence-corrected chi connectivity index (χ2v) is 17.9. The van der Waals surface area contributed by atoms with Gasteiger partial charge in [0.2, 0.25) is 0 Å². The van der Waals surface area contributed by atoms with Gasteiger partial charge >= 0.3 is 5.97 Å². The molecule has 7 aliphatic rings. The minimum atomic E-state index is -0.612. The lowest BCUT2D eigenvalue weighted by atomic mass is 9.42. The Hall–Kier alpha value is -0.770. The highest BCUT2D eigenvalue weighted by molar-refractivity contribution is 5.77. The van der Waals surface area contributed by atoms with E-state index in [-0.39, 0.29) is 59.3 Å². The molecule has 1 unspecified atom stereocenters. The van der Waals surface area contributed by atoms with E-state index in [0.717, 1.165) is 25.7 Å². The minimum absolute atomic E-state index is 0.0125. The molecule has 14 atom stereocenters. The molecule has 0 N–H and O–H groups in total. The first-order valence-electron chi connectivity index (χ1n) is 18.7. The van der Waals surface area contributed by atoms with E-state index < -0.39 is 17.0 Å². The number of cyclic esters (lactones) is 1. The molecule has 0 amide bonds. The summed E-state index contributed by atoms with van der Waals surface area (Å²) in [6.45, 7) is 23.6. The van der Waals surface area contributed by atoms with Crippen LogP contribution < -0.4 is 0 Å². The Balaban J connectivity index is 1.17. The van der Waals surface area contributed by atoms with Gasteiger partial charge in [0.05, 0.1) is 30.8 Å². The van der Waals surface area contributed by atoms with Crippen LogP contribution in [0.2, 0.25) is 0 Å². The summed E-state index contributed by atoms with van der Waals surface area (Å²) in [5.41, 5.74) is -0.398. The lowest BCUT2D eigenvalue weighted by Crippen LogP contribution is -2.65. The predicted molar refractivity (Wildman–Crippen MR) is 172 cm³/mol. The Kier molecular flexibility index (Phi) is 8.34. The number of ether oxygens (including phenoxy) is 7. The van der Waals surface area contributed by atoms with Gasteiger partial charge in [-0.3, -0.25) is 4.79 Å². The van der Waals surface area contributed by atoms with Gasteiger partial charge in [-0.2, -0.15) is 0 Å². The van der Waals surface area contributed by atoms with E-state index in [1.807, 2.05) is 27.7 Å². The maximum atomic E-state index is 13.4. The van der Waals surface area contributed by atoms with E-state index in [1.165, 1.54) is 19.3 Å². The molecule has 7 rings (SSSR count). The molecule has 7 fully saturated rings. The zero-order valence-corrected chi connectivity index (χ0v) is 30.3. The maximum absolute atomic E-state index is 13.4. The van der Waals surface area contributed by atoms with Gasteiger partial charge in [-0.1, -0.05) is 27.7 Å². The Bertz CT molecular complexity index is 1160. The van der Waals surface area contributed by atoms with Crippen LogP contribution in [0.3, 0.4) is 0 Å². The van der Waals surface area contributed by atoms with Crippen LogP contribution in [0.4, 0.5) is 0 Å². The molecule has 0 aromatic heterocycles. The summed E-state index contributed by atoms with van der Waals surface area (Å²) in [5, 5.41) is 0. The zero-order chi connectivity index (χ0) is 33.0. The second-order valence-electron chi connectivity index (χ2n) is 17.9. The molecule has 46 heavy (non-hydrogen) atoms. The van der Waals surface area contributed by atoms with E-state index in [4.69, 9.17) is 33.2 Å². The van der Waals surface area contributed by atoms with E-state index >= 15 is 0 Å². The van der Waals surface area contributed by atoms with Crippen molar-refractivity contribution >= 4 is 5.97 Å². The largest absolute Gasteiger partial charge is 0.459 e. The molecule has 3 aliphatic heterocycles. The molecule has 8 nitrogen and oxygen atoms in total. The molecule has 4 saturated carbocycles. The van der Waals surface area contributed by atoms with Crippen molar-refractivity contribution in [1.29, 1.82) is 0 Å². The fraction of sp³-hybridized carbons (Fsp3) is 0.974. The summed E-state index contributed by atoms with van der Waals surface area (Å²) in [4.78, 5) is 13.4. The molecule has 0 aromatic rings. The van der Waals surface area contributed by atoms with Gasteiger partial charge in [0.15, 0.2) is 17.9 Å². The third kappa shape index (κ3) is 5.00. The van der Waals surface area contributed by atoms with Crippen molar-refractivity contribution in [3.8, 4) is 0 Å². The highest BCUT2D eigenvalue weighted by atomic mass is 16.8. The van der Waals surface area contributed by atoms with Crippen molar-refractivity contribution in [3.05, 3.63) is 0 Å². The zero-order valence-electron chi connectivity index (χ0n) is 30.3. The highest BCUT2D eigenvalue weighted by Crippen LogP contribution is 2.71. The molecule has 3 saturated heterocycles. The molecule has 0 aromatic carbocycles. The van der Waals surface area contributed by atoms with Crippen LogP contribution in [0.1, 0.15) is 114 Å². The van der Waals surface area contributed by atoms with Gasteiger partial charge in [0, 0.05) is 24.9 Å². The fourth-order valence-electron chi connectivity index (χ4n) is 12.6. The van der Waals surface area contributed by atoms with E-state index in [9.17, 15) is 4.79 Å². The topological polar surface area (TPSA) is 81.7 Å². The van der Waals surface area contributed by atoms with Crippen LogP contribution in [-0.4, -0.2) is 68.1 Å². The van der Waals surface area contributed by atoms with Crippen LogP contribution in [0.25, 0.3) is 0 Å². The Labute approximate surface area is 277 Å². The summed E-state index contributed by atoms with van der Waals surface area (Å²) in [6, 6.07) is 0. The average Bonchev–Trinajstić information content (AvgIpc) is 3.66. The van der Waals surface area contributed by atoms with Crippen LogP contribution in [0.5, 0.6) is 0 Å². The Morgan fingerprint density at radius 2 is 1.57 bits per heavy atom. The van der Waals surface area contributed by atoms with E-state index in [1.54, 1.807) is 0 Å². The number of carbonyl (C=O) groups is 1. The maximum Gasteiger partial charge on any atom is 0.312 e. The third-order valence-electron chi connectivity index (χ3n) is 15.0. The van der Waals surface area contributed by atoms with Crippen molar-refractivity contribution in [2.75, 3.05) is 19.8 Å². The lowest BCUT2D eigenvalue weighted by molar-refractivity contribution is -0.301. The molecule has 3 heterocycles. The minimum Gasteiger partial charge on any atom is -0.459 e. The van der Waals surface area contributed by atoms with Crippen LogP contribution in [-0.2, 0) is 38.0 Å². The quantitative estimate of drug-likeness (QED) is 0.223. The third-order valence-corrected chi connectivity index (χ3v) is 15.0. The molecule has 1 spiro atoms.